The number of hydrazone groups is 1. The molecule has 4 rings (SSSR count). The average Bonchev–Trinajstić information content (AvgIpc) is 2.84. The zero-order valence-electron chi connectivity index (χ0n) is 18.8. The van der Waals surface area contributed by atoms with Crippen LogP contribution in [-0.4, -0.2) is 23.8 Å². The standard InChI is InChI=1S/C27H22Br2N2O4/c1-2-34-25-12-18(11-23(29)26(25)35-16-17-7-9-21(28)10-8-17)15-30-31-27(33)22-13-19-5-3-4-6-20(19)14-24(22)32/h3-15,32H,2,16H2,1H3,(H,31,33). The third-order valence-corrected chi connectivity index (χ3v) is 6.23. The van der Waals surface area contributed by atoms with Crippen molar-refractivity contribution in [2.45, 2.75) is 13.5 Å². The van der Waals surface area contributed by atoms with E-state index in [9.17, 15) is 9.90 Å². The van der Waals surface area contributed by atoms with Crippen molar-refractivity contribution in [3.8, 4) is 17.2 Å². The second kappa shape index (κ2) is 11.4. The molecule has 0 saturated carbocycles. The Balaban J connectivity index is 1.48. The van der Waals surface area contributed by atoms with Gasteiger partial charge in [-0.25, -0.2) is 5.43 Å². The number of ether oxygens (including phenoxy) is 2. The van der Waals surface area contributed by atoms with Crippen LogP contribution in [0.15, 0.2) is 86.8 Å². The lowest BCUT2D eigenvalue weighted by Crippen LogP contribution is -2.17. The molecule has 0 spiro atoms. The Kier molecular flexibility index (Phi) is 8.05. The molecule has 0 unspecified atom stereocenters. The Hall–Kier alpha value is -3.36. The molecule has 0 atom stereocenters. The zero-order valence-corrected chi connectivity index (χ0v) is 22.0. The zero-order chi connectivity index (χ0) is 24.8. The maximum absolute atomic E-state index is 12.6. The number of halogens is 2. The summed E-state index contributed by atoms with van der Waals surface area (Å²) in [4.78, 5) is 12.6. The smallest absolute Gasteiger partial charge is 0.275 e. The van der Waals surface area contributed by atoms with Gasteiger partial charge in [-0.05, 0) is 81.2 Å². The van der Waals surface area contributed by atoms with Crippen molar-refractivity contribution in [2.24, 2.45) is 5.10 Å². The topological polar surface area (TPSA) is 80.2 Å². The monoisotopic (exact) mass is 596 g/mol. The average molecular weight is 598 g/mol. The van der Waals surface area contributed by atoms with Crippen molar-refractivity contribution in [1.29, 1.82) is 0 Å². The molecular weight excluding hydrogens is 576 g/mol. The molecule has 35 heavy (non-hydrogen) atoms. The number of hydrogen-bond donors (Lipinski definition) is 2. The van der Waals surface area contributed by atoms with Gasteiger partial charge in [0.15, 0.2) is 11.5 Å². The highest BCUT2D eigenvalue weighted by molar-refractivity contribution is 9.10. The van der Waals surface area contributed by atoms with E-state index in [-0.39, 0.29) is 11.3 Å². The minimum Gasteiger partial charge on any atom is -0.507 e. The van der Waals surface area contributed by atoms with Gasteiger partial charge < -0.3 is 14.6 Å². The number of carbonyl (C=O) groups is 1. The molecule has 0 fully saturated rings. The van der Waals surface area contributed by atoms with Gasteiger partial charge in [-0.3, -0.25) is 4.79 Å². The van der Waals surface area contributed by atoms with Crippen molar-refractivity contribution >= 4 is 54.8 Å². The molecular formula is C27H22Br2N2O4. The van der Waals surface area contributed by atoms with Crippen LogP contribution in [0.5, 0.6) is 17.2 Å². The summed E-state index contributed by atoms with van der Waals surface area (Å²) in [6.45, 7) is 2.73. The highest BCUT2D eigenvalue weighted by Crippen LogP contribution is 2.37. The number of hydrogen-bond acceptors (Lipinski definition) is 5. The van der Waals surface area contributed by atoms with E-state index in [2.05, 4.69) is 42.4 Å². The van der Waals surface area contributed by atoms with Crippen LogP contribution in [0.2, 0.25) is 0 Å². The van der Waals surface area contributed by atoms with Gasteiger partial charge in [0.1, 0.15) is 12.4 Å². The van der Waals surface area contributed by atoms with Gasteiger partial charge in [-0.2, -0.15) is 5.10 Å². The molecule has 0 radical (unpaired) electrons. The molecule has 178 valence electrons. The number of amides is 1. The first-order valence-corrected chi connectivity index (χ1v) is 12.4. The summed E-state index contributed by atoms with van der Waals surface area (Å²) in [6.07, 6.45) is 1.50. The lowest BCUT2D eigenvalue weighted by molar-refractivity contribution is 0.0952. The SMILES string of the molecule is CCOc1cc(C=NNC(=O)c2cc3ccccc3cc2O)cc(Br)c1OCc1ccc(Br)cc1. The summed E-state index contributed by atoms with van der Waals surface area (Å²) < 4.78 is 13.5. The summed E-state index contributed by atoms with van der Waals surface area (Å²) in [6, 6.07) is 22.2. The normalized spacial score (nSPS) is 11.1. The molecule has 1 amide bonds. The molecule has 2 N–H and O–H groups in total. The van der Waals surface area contributed by atoms with Crippen LogP contribution >= 0.6 is 31.9 Å². The van der Waals surface area contributed by atoms with Gasteiger partial charge in [0.2, 0.25) is 0 Å². The maximum atomic E-state index is 12.6. The first kappa shape index (κ1) is 24.8. The van der Waals surface area contributed by atoms with Crippen LogP contribution < -0.4 is 14.9 Å². The van der Waals surface area contributed by atoms with Crippen LogP contribution in [0.4, 0.5) is 0 Å². The number of carbonyl (C=O) groups excluding carboxylic acids is 1. The first-order chi connectivity index (χ1) is 16.9. The van der Waals surface area contributed by atoms with Gasteiger partial charge >= 0.3 is 0 Å². The van der Waals surface area contributed by atoms with Crippen LogP contribution in [-0.2, 0) is 6.61 Å². The van der Waals surface area contributed by atoms with E-state index in [4.69, 9.17) is 9.47 Å². The molecule has 0 aliphatic rings. The summed E-state index contributed by atoms with van der Waals surface area (Å²) in [5, 5.41) is 16.0. The van der Waals surface area contributed by atoms with Crippen molar-refractivity contribution in [3.05, 3.63) is 98.4 Å². The molecule has 4 aromatic carbocycles. The number of aromatic hydroxyl groups is 1. The fraction of sp³-hybridized carbons (Fsp3) is 0.111. The molecule has 0 aromatic heterocycles. The van der Waals surface area contributed by atoms with Gasteiger partial charge in [0.05, 0.1) is 22.9 Å². The first-order valence-electron chi connectivity index (χ1n) is 10.8. The lowest BCUT2D eigenvalue weighted by Gasteiger charge is -2.14. The molecule has 0 bridgehead atoms. The summed E-state index contributed by atoms with van der Waals surface area (Å²) in [5.74, 6) is 0.518. The number of fused-ring (bicyclic) bond motifs is 1. The van der Waals surface area contributed by atoms with Gasteiger partial charge in [-0.15, -0.1) is 0 Å². The number of rotatable bonds is 8. The number of phenols is 1. The van der Waals surface area contributed by atoms with E-state index in [1.165, 1.54) is 6.21 Å². The Morgan fingerprint density at radius 3 is 2.43 bits per heavy atom. The second-order valence-corrected chi connectivity index (χ2v) is 9.36. The number of phenolic OH excluding ortho intramolecular Hbond substituents is 1. The highest BCUT2D eigenvalue weighted by Gasteiger charge is 2.14. The van der Waals surface area contributed by atoms with Gasteiger partial charge in [-0.1, -0.05) is 52.3 Å². The Morgan fingerprint density at radius 2 is 1.71 bits per heavy atom. The Morgan fingerprint density at radius 1 is 1.00 bits per heavy atom. The fourth-order valence-electron chi connectivity index (χ4n) is 3.44. The van der Waals surface area contributed by atoms with Crippen molar-refractivity contribution < 1.29 is 19.4 Å². The van der Waals surface area contributed by atoms with E-state index < -0.39 is 5.91 Å². The summed E-state index contributed by atoms with van der Waals surface area (Å²) in [7, 11) is 0. The molecule has 0 aliphatic heterocycles. The number of nitrogens with one attached hydrogen (secondary N) is 1. The van der Waals surface area contributed by atoms with Crippen molar-refractivity contribution in [2.75, 3.05) is 6.61 Å². The fourth-order valence-corrected chi connectivity index (χ4v) is 4.28. The third kappa shape index (κ3) is 6.21. The van der Waals surface area contributed by atoms with Crippen LogP contribution in [0, 0.1) is 0 Å². The van der Waals surface area contributed by atoms with E-state index in [0.717, 1.165) is 20.8 Å². The molecule has 8 heteroatoms. The summed E-state index contributed by atoms with van der Waals surface area (Å²) >= 11 is 6.98. The van der Waals surface area contributed by atoms with E-state index in [1.807, 2.05) is 61.5 Å². The maximum Gasteiger partial charge on any atom is 0.275 e. The van der Waals surface area contributed by atoms with Gasteiger partial charge in [0.25, 0.3) is 5.91 Å². The molecule has 0 heterocycles. The Labute approximate surface area is 219 Å². The summed E-state index contributed by atoms with van der Waals surface area (Å²) in [5.41, 5.74) is 4.33. The predicted molar refractivity (Wildman–Crippen MR) is 144 cm³/mol. The predicted octanol–water partition coefficient (Wildman–Crippen LogP) is 6.81. The van der Waals surface area contributed by atoms with Crippen molar-refractivity contribution in [3.63, 3.8) is 0 Å². The van der Waals surface area contributed by atoms with Crippen LogP contribution in [0.25, 0.3) is 10.8 Å². The number of nitrogens with zero attached hydrogens (tertiary/aromatic N) is 1. The van der Waals surface area contributed by atoms with Crippen molar-refractivity contribution in [1.82, 2.24) is 5.43 Å². The quantitative estimate of drug-likeness (QED) is 0.173. The minimum atomic E-state index is -0.511. The van der Waals surface area contributed by atoms with E-state index in [1.54, 1.807) is 18.2 Å². The van der Waals surface area contributed by atoms with E-state index >= 15 is 0 Å². The largest absolute Gasteiger partial charge is 0.507 e. The minimum absolute atomic E-state index is 0.106. The van der Waals surface area contributed by atoms with Crippen LogP contribution in [0.1, 0.15) is 28.4 Å². The number of benzene rings is 4. The lowest BCUT2D eigenvalue weighted by atomic mass is 10.1. The highest BCUT2D eigenvalue weighted by atomic mass is 79.9. The molecule has 6 nitrogen and oxygen atoms in total. The van der Waals surface area contributed by atoms with Crippen LogP contribution in [0.3, 0.4) is 0 Å². The van der Waals surface area contributed by atoms with E-state index in [0.29, 0.717) is 34.7 Å². The van der Waals surface area contributed by atoms with Gasteiger partial charge in [0, 0.05) is 4.47 Å². The molecule has 4 aromatic rings. The second-order valence-electron chi connectivity index (χ2n) is 7.59. The molecule has 0 saturated heterocycles. The molecule has 0 aliphatic carbocycles. The Bertz CT molecular complexity index is 1390. The third-order valence-electron chi connectivity index (χ3n) is 5.12.